The smallest absolute Gasteiger partial charge is 0.231 e. The third kappa shape index (κ3) is 2.60. The number of fused-ring (bicyclic) bond motifs is 4. The van der Waals surface area contributed by atoms with Gasteiger partial charge in [-0.1, -0.05) is 30.3 Å². The lowest BCUT2D eigenvalue weighted by atomic mass is 9.95. The van der Waals surface area contributed by atoms with E-state index in [2.05, 4.69) is 11.1 Å². The fourth-order valence-electron chi connectivity index (χ4n) is 4.36. The van der Waals surface area contributed by atoms with Gasteiger partial charge in [0.1, 0.15) is 11.5 Å². The summed E-state index contributed by atoms with van der Waals surface area (Å²) < 4.78 is 23.1. The van der Waals surface area contributed by atoms with E-state index in [1.54, 1.807) is 7.11 Å². The molecule has 3 heterocycles. The summed E-state index contributed by atoms with van der Waals surface area (Å²) in [6.07, 6.45) is 0.415. The normalized spacial score (nSPS) is 20.8. The Kier molecular flexibility index (Phi) is 3.84. The molecule has 0 radical (unpaired) electrons. The summed E-state index contributed by atoms with van der Waals surface area (Å²) in [6, 6.07) is 22.2. The van der Waals surface area contributed by atoms with Crippen molar-refractivity contribution in [2.24, 2.45) is 5.10 Å². The van der Waals surface area contributed by atoms with Gasteiger partial charge in [0.2, 0.25) is 13.0 Å². The minimum atomic E-state index is -0.368. The molecule has 6 nitrogen and oxygen atoms in total. The van der Waals surface area contributed by atoms with E-state index in [0.717, 1.165) is 51.8 Å². The van der Waals surface area contributed by atoms with Gasteiger partial charge in [0.15, 0.2) is 11.5 Å². The van der Waals surface area contributed by atoms with Crippen LogP contribution in [0.2, 0.25) is 0 Å². The Morgan fingerprint density at radius 1 is 0.900 bits per heavy atom. The summed E-state index contributed by atoms with van der Waals surface area (Å²) in [4.78, 5) is 0. The highest BCUT2D eigenvalue weighted by Crippen LogP contribution is 2.49. The molecule has 3 aromatic carbocycles. The van der Waals surface area contributed by atoms with E-state index in [-0.39, 0.29) is 19.1 Å². The van der Waals surface area contributed by atoms with Crippen LogP contribution in [-0.4, -0.2) is 24.6 Å². The predicted octanol–water partition coefficient (Wildman–Crippen LogP) is 4.67. The molecule has 3 aromatic rings. The number of ether oxygens (including phenoxy) is 4. The molecule has 6 rings (SSSR count). The average molecular weight is 400 g/mol. The Bertz CT molecular complexity index is 1160. The highest BCUT2D eigenvalue weighted by molar-refractivity contribution is 6.02. The number of hydrazone groups is 1. The molecule has 0 aromatic heterocycles. The molecule has 3 aliphatic rings. The van der Waals surface area contributed by atoms with E-state index in [4.69, 9.17) is 24.0 Å². The summed E-state index contributed by atoms with van der Waals surface area (Å²) >= 11 is 0. The first-order chi connectivity index (χ1) is 14.8. The fraction of sp³-hybridized carbons (Fsp3) is 0.208. The molecule has 0 N–H and O–H groups in total. The Hall–Kier alpha value is -3.67. The molecule has 0 amide bonds. The molecule has 2 atom stereocenters. The van der Waals surface area contributed by atoms with Crippen LogP contribution in [0.4, 0.5) is 0 Å². The SMILES string of the molecule is COc1ccccc1[C@@H]1Oc2ccccc2[C@H]2CC(c3ccc4c(c3)OCO4)=NN21. The average Bonchev–Trinajstić information content (AvgIpc) is 3.45. The maximum Gasteiger partial charge on any atom is 0.231 e. The topological polar surface area (TPSA) is 52.5 Å². The van der Waals surface area contributed by atoms with Crippen LogP contribution in [-0.2, 0) is 0 Å². The van der Waals surface area contributed by atoms with Crippen molar-refractivity contribution >= 4 is 5.71 Å². The highest BCUT2D eigenvalue weighted by atomic mass is 16.7. The van der Waals surface area contributed by atoms with Crippen LogP contribution in [0.15, 0.2) is 71.8 Å². The van der Waals surface area contributed by atoms with Crippen molar-refractivity contribution in [2.45, 2.75) is 18.7 Å². The summed E-state index contributed by atoms with van der Waals surface area (Å²) in [5, 5.41) is 7.07. The van der Waals surface area contributed by atoms with Crippen molar-refractivity contribution in [3.63, 3.8) is 0 Å². The predicted molar refractivity (Wildman–Crippen MR) is 111 cm³/mol. The van der Waals surface area contributed by atoms with E-state index in [1.165, 1.54) is 0 Å². The molecular formula is C24H20N2O4. The number of benzene rings is 3. The number of hydrogen-bond acceptors (Lipinski definition) is 6. The Morgan fingerprint density at radius 2 is 1.70 bits per heavy atom. The molecule has 150 valence electrons. The molecular weight excluding hydrogens is 380 g/mol. The lowest BCUT2D eigenvalue weighted by Crippen LogP contribution is -2.33. The number of para-hydroxylation sites is 2. The van der Waals surface area contributed by atoms with Crippen molar-refractivity contribution in [1.82, 2.24) is 5.01 Å². The van der Waals surface area contributed by atoms with Crippen LogP contribution in [0.5, 0.6) is 23.0 Å². The Morgan fingerprint density at radius 3 is 2.60 bits per heavy atom. The van der Waals surface area contributed by atoms with Crippen molar-refractivity contribution in [1.29, 1.82) is 0 Å². The van der Waals surface area contributed by atoms with Gasteiger partial charge in [0.05, 0.1) is 24.4 Å². The minimum Gasteiger partial charge on any atom is -0.496 e. The zero-order valence-corrected chi connectivity index (χ0v) is 16.4. The lowest BCUT2D eigenvalue weighted by molar-refractivity contribution is -0.0203. The number of methoxy groups -OCH3 is 1. The fourth-order valence-corrected chi connectivity index (χ4v) is 4.36. The van der Waals surface area contributed by atoms with E-state index in [1.807, 2.05) is 60.7 Å². The van der Waals surface area contributed by atoms with Crippen LogP contribution in [0, 0.1) is 0 Å². The van der Waals surface area contributed by atoms with Gasteiger partial charge in [0, 0.05) is 17.5 Å². The molecule has 3 aliphatic heterocycles. The molecule has 0 unspecified atom stereocenters. The molecule has 0 spiro atoms. The largest absolute Gasteiger partial charge is 0.496 e. The quantitative estimate of drug-likeness (QED) is 0.640. The molecule has 6 heteroatoms. The monoisotopic (exact) mass is 400 g/mol. The Labute approximate surface area is 174 Å². The maximum atomic E-state index is 6.43. The van der Waals surface area contributed by atoms with Crippen molar-refractivity contribution in [3.05, 3.63) is 83.4 Å². The van der Waals surface area contributed by atoms with E-state index in [0.29, 0.717) is 0 Å². The molecule has 0 fully saturated rings. The van der Waals surface area contributed by atoms with Crippen LogP contribution < -0.4 is 18.9 Å². The minimum absolute atomic E-state index is 0.0882. The standard InChI is InChI=1S/C24H20N2O4/c1-27-20-8-4-3-7-17(20)24-26-19(16-6-2-5-9-21(16)30-24)13-18(25-26)15-10-11-22-23(12-15)29-14-28-22/h2-12,19,24H,13-14H2,1H3/t19-,24+/m1/s1. The van der Waals surface area contributed by atoms with Gasteiger partial charge in [-0.2, -0.15) is 5.10 Å². The van der Waals surface area contributed by atoms with E-state index >= 15 is 0 Å². The van der Waals surface area contributed by atoms with Gasteiger partial charge in [-0.15, -0.1) is 0 Å². The number of nitrogens with zero attached hydrogens (tertiary/aromatic N) is 2. The molecule has 0 aliphatic carbocycles. The Balaban J connectivity index is 1.45. The summed E-state index contributed by atoms with van der Waals surface area (Å²) in [7, 11) is 1.68. The second kappa shape index (κ2) is 6.69. The number of hydrogen-bond donors (Lipinski definition) is 0. The first-order valence-corrected chi connectivity index (χ1v) is 9.96. The number of rotatable bonds is 3. The van der Waals surface area contributed by atoms with Gasteiger partial charge in [-0.05, 0) is 36.4 Å². The molecule has 0 saturated carbocycles. The molecule has 0 bridgehead atoms. The van der Waals surface area contributed by atoms with Crippen LogP contribution in [0.3, 0.4) is 0 Å². The van der Waals surface area contributed by atoms with Crippen LogP contribution in [0.1, 0.15) is 35.4 Å². The second-order valence-electron chi connectivity index (χ2n) is 7.46. The van der Waals surface area contributed by atoms with E-state index < -0.39 is 0 Å². The maximum absolute atomic E-state index is 6.43. The van der Waals surface area contributed by atoms with E-state index in [9.17, 15) is 0 Å². The summed E-state index contributed by atoms with van der Waals surface area (Å²) in [5.74, 6) is 3.21. The highest BCUT2D eigenvalue weighted by Gasteiger charge is 2.41. The van der Waals surface area contributed by atoms with Crippen LogP contribution >= 0.6 is 0 Å². The van der Waals surface area contributed by atoms with Crippen molar-refractivity contribution in [3.8, 4) is 23.0 Å². The van der Waals surface area contributed by atoms with Gasteiger partial charge in [-0.25, -0.2) is 5.01 Å². The summed E-state index contributed by atoms with van der Waals surface area (Å²) in [5.41, 5.74) is 4.13. The third-order valence-corrected chi connectivity index (χ3v) is 5.81. The van der Waals surface area contributed by atoms with Crippen molar-refractivity contribution in [2.75, 3.05) is 13.9 Å². The lowest BCUT2D eigenvalue weighted by Gasteiger charge is -2.38. The van der Waals surface area contributed by atoms with Crippen LogP contribution in [0.25, 0.3) is 0 Å². The second-order valence-corrected chi connectivity index (χ2v) is 7.46. The van der Waals surface area contributed by atoms with Gasteiger partial charge in [-0.3, -0.25) is 0 Å². The van der Waals surface area contributed by atoms with Gasteiger partial charge in [0.25, 0.3) is 0 Å². The van der Waals surface area contributed by atoms with Gasteiger partial charge < -0.3 is 18.9 Å². The molecule has 0 saturated heterocycles. The zero-order chi connectivity index (χ0) is 20.1. The summed E-state index contributed by atoms with van der Waals surface area (Å²) in [6.45, 7) is 0.261. The molecule has 30 heavy (non-hydrogen) atoms. The first kappa shape index (κ1) is 17.2. The van der Waals surface area contributed by atoms with Gasteiger partial charge >= 0.3 is 0 Å². The zero-order valence-electron chi connectivity index (χ0n) is 16.4. The van der Waals surface area contributed by atoms with Crippen molar-refractivity contribution < 1.29 is 18.9 Å². The first-order valence-electron chi connectivity index (χ1n) is 9.96. The third-order valence-electron chi connectivity index (χ3n) is 5.81.